The molecule has 0 bridgehead atoms. The van der Waals surface area contributed by atoms with Crippen LogP contribution in [0.2, 0.25) is 0 Å². The minimum absolute atomic E-state index is 0.00435. The Morgan fingerprint density at radius 3 is 0.814 bits per heavy atom. The topological polar surface area (TPSA) is 618 Å². The number of aliphatic hydroxyl groups is 8. The molecule has 140 heavy (non-hydrogen) atoms. The minimum Gasteiger partial charge on any atom is -0.388 e. The lowest BCUT2D eigenvalue weighted by molar-refractivity contribution is 0.00496. The van der Waals surface area contributed by atoms with Crippen molar-refractivity contribution in [1.29, 1.82) is 0 Å². The van der Waals surface area contributed by atoms with Crippen molar-refractivity contribution in [2.45, 2.75) is 278 Å². The standard InChI is InChI=1S/C46H68N20O6.C42H54N22O4/c1-3-27-23-51-65(59-27)33-21-31(37(67)39(33)69)63-25-49-35-41(55-45(57-43(35)63)47-9-11-61-13-17-71-18-14-61)53-29-5-7-30(8-6-29)54-42-36-44(58-46(56-42)48-10-12-62-15-19-72-20-16-62)64(26-50-36)32-22-34(40(70)38(32)68)66-52-24-28(4-2)60-66;1-5-21-15-45-61(55-21)29-13-27(33(65)35(29)67)59-19-43-31-37(51-41(53-39(31)59)63-47-17-23(7-3)57-63)49-25-9-11-26(12-10-25)50-38-32-40(54-42(52-38)64-48-18-24(8-4)58-64)60(20-44-32)28-14-30(36(68)34(28)66)62-46-16-22(6-2)56-62/h23-26,29-34,37-40,67-70H,3-22H2,1-2H3,(H2,47,53,55,57)(H2,48,54,56,58);15-20,25-30,33-36,65-68H,5-14H2,1-4H3,(H,49,51,53)(H,50,52,54)/t29?,30?,31-,32-,33+,34+,37+,38+,39-,40-;25?,26?,27-,28-,29+,30+,33+,34+,35-,36-/m11/s1. The second-order valence-corrected chi connectivity index (χ2v) is 37.7. The van der Waals surface area contributed by atoms with Crippen LogP contribution in [0.5, 0.6) is 0 Å². The van der Waals surface area contributed by atoms with Gasteiger partial charge in [-0.25, -0.2) is 19.9 Å². The molecule has 52 nitrogen and oxygen atoms in total. The van der Waals surface area contributed by atoms with Crippen molar-refractivity contribution in [2.24, 2.45) is 0 Å². The van der Waals surface area contributed by atoms with Crippen LogP contribution in [-0.2, 0) is 48.0 Å². The lowest BCUT2D eigenvalue weighted by Crippen LogP contribution is -2.39. The molecule has 16 atom stereocenters. The van der Waals surface area contributed by atoms with E-state index in [1.165, 1.54) is 28.8 Å². The molecule has 744 valence electrons. The molecule has 8 fully saturated rings. The first kappa shape index (κ1) is 93.6. The lowest BCUT2D eigenvalue weighted by atomic mass is 9.91. The summed E-state index contributed by atoms with van der Waals surface area (Å²) in [5.74, 6) is 3.57. The molecule has 52 heteroatoms. The summed E-state index contributed by atoms with van der Waals surface area (Å²) in [6.07, 6.45) is 19.8. The molecular formula is C88H122N42O10. The zero-order chi connectivity index (χ0) is 96.1. The minimum atomic E-state index is -1.14. The van der Waals surface area contributed by atoms with Gasteiger partial charge < -0.3 is 100 Å². The average molecular weight is 1930 g/mol. The summed E-state index contributed by atoms with van der Waals surface area (Å²) in [4.78, 5) is 72.2. The Balaban J connectivity index is 0.000000166. The predicted octanol–water partition coefficient (Wildman–Crippen LogP) is 1.62. The number of anilines is 6. The van der Waals surface area contributed by atoms with E-state index < -0.39 is 97.2 Å². The smallest absolute Gasteiger partial charge is 0.272 e. The van der Waals surface area contributed by atoms with Gasteiger partial charge in [0.05, 0.1) is 147 Å². The van der Waals surface area contributed by atoms with Crippen LogP contribution < -0.4 is 31.9 Å². The second-order valence-electron chi connectivity index (χ2n) is 37.7. The van der Waals surface area contributed by atoms with Gasteiger partial charge in [0.2, 0.25) is 11.9 Å². The van der Waals surface area contributed by atoms with Crippen LogP contribution >= 0.6 is 0 Å². The highest BCUT2D eigenvalue weighted by Crippen LogP contribution is 2.46. The highest BCUT2D eigenvalue weighted by atomic mass is 16.5. The summed E-state index contributed by atoms with van der Waals surface area (Å²) in [6, 6.07) is -4.21. The molecule has 16 heterocycles. The number of imidazole rings is 4. The van der Waals surface area contributed by atoms with Gasteiger partial charge in [0, 0.05) is 76.5 Å². The van der Waals surface area contributed by atoms with Gasteiger partial charge in [-0.2, -0.15) is 120 Å². The summed E-state index contributed by atoms with van der Waals surface area (Å²) in [5, 5.41) is 166. The van der Waals surface area contributed by atoms with Crippen LogP contribution in [0.4, 0.5) is 35.2 Å². The number of rotatable bonds is 32. The fraction of sp³-hybridized carbons (Fsp3) is 0.636. The van der Waals surface area contributed by atoms with Crippen LogP contribution in [-0.4, -0.2) is 370 Å². The predicted molar refractivity (Wildman–Crippen MR) is 504 cm³/mol. The fourth-order valence-corrected chi connectivity index (χ4v) is 20.8. The number of ether oxygens (including phenoxy) is 2. The van der Waals surface area contributed by atoms with Crippen LogP contribution in [0.15, 0.2) is 62.5 Å². The maximum absolute atomic E-state index is 11.5. The first-order chi connectivity index (χ1) is 68.3. The molecule has 8 aliphatic rings. The summed E-state index contributed by atoms with van der Waals surface area (Å²) in [7, 11) is 0. The molecule has 2 saturated heterocycles. The van der Waals surface area contributed by atoms with E-state index in [-0.39, 0.29) is 36.1 Å². The number of aryl methyl sites for hydroxylation is 6. The van der Waals surface area contributed by atoms with Crippen molar-refractivity contribution in [2.75, 3.05) is 111 Å². The van der Waals surface area contributed by atoms with Gasteiger partial charge in [-0.1, -0.05) is 41.5 Å². The van der Waals surface area contributed by atoms with E-state index in [9.17, 15) is 40.9 Å². The third kappa shape index (κ3) is 18.8. The number of hydrogen-bond donors (Lipinski definition) is 14. The number of aliphatic hydroxyl groups excluding tert-OH is 8. The van der Waals surface area contributed by atoms with Crippen molar-refractivity contribution in [3.05, 3.63) is 96.7 Å². The third-order valence-corrected chi connectivity index (χ3v) is 29.0. The SMILES string of the molecule is CCc1cnn(-c2nc(NC3CCC(Nc4nc(-n5ncc(CC)n5)nc5c4ncn5[C@@H]4C[C@H](n5ncc(CC)n5)[C@@H](O)[C@H]4O)CC3)c3ncn([C@@H]4C[C@H](n5ncc(CC)n5)[C@@H](O)[C@H]4O)c3n2)n1.CCc1cnn([C@H]2C[C@@H](n3cnc4c(NC5CCC(Nc6nc(NCCN7CCOCC7)nc7c6ncn7[C@@H]6C[C@H](n7ncc(CC)n7)[C@@H](O)[C@H]6O)CC5)nc(NCCN5CCOCC5)nc43)[C@H](O)[C@@H]2O)n1. The van der Waals surface area contributed by atoms with Gasteiger partial charge in [-0.3, -0.25) is 9.80 Å². The largest absolute Gasteiger partial charge is 0.388 e. The summed E-state index contributed by atoms with van der Waals surface area (Å²) in [6.45, 7) is 21.1. The highest BCUT2D eigenvalue weighted by Gasteiger charge is 2.50. The zero-order valence-corrected chi connectivity index (χ0v) is 79.0. The molecule has 22 rings (SSSR count). The van der Waals surface area contributed by atoms with Crippen molar-refractivity contribution >= 4 is 79.8 Å². The Kier molecular flexibility index (Phi) is 27.1. The van der Waals surface area contributed by atoms with Crippen molar-refractivity contribution in [3.8, 4) is 11.9 Å². The van der Waals surface area contributed by atoms with E-state index >= 15 is 0 Å². The third-order valence-electron chi connectivity index (χ3n) is 29.0. The molecule has 14 aromatic rings. The fourth-order valence-electron chi connectivity index (χ4n) is 20.8. The molecule has 6 saturated carbocycles. The van der Waals surface area contributed by atoms with Gasteiger partial charge in [-0.15, -0.1) is 9.59 Å². The van der Waals surface area contributed by atoms with Gasteiger partial charge in [0.1, 0.15) is 73.0 Å². The molecule has 0 aromatic carbocycles. The van der Waals surface area contributed by atoms with Crippen molar-refractivity contribution in [3.63, 3.8) is 0 Å². The molecule has 6 aliphatic carbocycles. The summed E-state index contributed by atoms with van der Waals surface area (Å²) < 4.78 is 18.4. The van der Waals surface area contributed by atoms with Crippen LogP contribution in [0.1, 0.15) is 201 Å². The molecule has 14 aromatic heterocycles. The highest BCUT2D eigenvalue weighted by molar-refractivity contribution is 5.87. The van der Waals surface area contributed by atoms with Gasteiger partial charge in [0.15, 0.2) is 67.9 Å². The van der Waals surface area contributed by atoms with E-state index in [1.54, 1.807) is 71.6 Å². The number of nitrogens with one attached hydrogen (secondary N) is 6. The number of hydrogen-bond acceptors (Lipinski definition) is 42. The van der Waals surface area contributed by atoms with E-state index in [0.717, 1.165) is 125 Å². The van der Waals surface area contributed by atoms with Crippen molar-refractivity contribution < 1.29 is 50.3 Å². The number of aromatic nitrogens is 34. The zero-order valence-electron chi connectivity index (χ0n) is 79.0. The van der Waals surface area contributed by atoms with E-state index in [4.69, 9.17) is 69.3 Å². The van der Waals surface area contributed by atoms with Gasteiger partial charge in [0.25, 0.3) is 11.9 Å². The molecular weight excluding hydrogens is 1810 g/mol. The van der Waals surface area contributed by atoms with E-state index in [2.05, 4.69) is 103 Å². The molecule has 14 N–H and O–H groups in total. The van der Waals surface area contributed by atoms with Crippen LogP contribution in [0, 0.1) is 0 Å². The Morgan fingerprint density at radius 2 is 0.550 bits per heavy atom. The lowest BCUT2D eigenvalue weighted by Gasteiger charge is -2.30. The monoisotopic (exact) mass is 1930 g/mol. The number of fused-ring (bicyclic) bond motifs is 4. The average Bonchev–Trinajstić information content (AvgIpc) is 1.69. The molecule has 0 unspecified atom stereocenters. The normalized spacial score (nSPS) is 27.5. The molecule has 2 aliphatic heterocycles. The number of nitrogens with zero attached hydrogens (tertiary/aromatic N) is 36. The molecule has 0 amide bonds. The second kappa shape index (κ2) is 40.5. The van der Waals surface area contributed by atoms with E-state index in [1.807, 2.05) is 50.7 Å². The quantitative estimate of drug-likeness (QED) is 0.0285. The Morgan fingerprint density at radius 1 is 0.300 bits per heavy atom. The van der Waals surface area contributed by atoms with Crippen molar-refractivity contribution in [1.82, 2.24) is 178 Å². The molecule has 0 radical (unpaired) electrons. The summed E-state index contributed by atoms with van der Waals surface area (Å²) in [5.41, 5.74) is 8.99. The summed E-state index contributed by atoms with van der Waals surface area (Å²) >= 11 is 0. The van der Waals surface area contributed by atoms with Gasteiger partial charge >= 0.3 is 0 Å². The van der Waals surface area contributed by atoms with Crippen LogP contribution in [0.25, 0.3) is 56.6 Å². The molecule has 0 spiro atoms. The van der Waals surface area contributed by atoms with E-state index in [0.29, 0.717) is 184 Å². The first-order valence-electron chi connectivity index (χ1n) is 49.3. The number of morpholine rings is 2. The Labute approximate surface area is 802 Å². The first-order valence-corrected chi connectivity index (χ1v) is 49.3. The maximum atomic E-state index is 11.5. The maximum Gasteiger partial charge on any atom is 0.272 e. The Bertz CT molecular complexity index is 6180. The van der Waals surface area contributed by atoms with Crippen LogP contribution in [0.3, 0.4) is 0 Å². The Hall–Kier alpha value is -12.6. The van der Waals surface area contributed by atoms with Gasteiger partial charge in [-0.05, 0) is 116 Å².